The molecule has 2 aromatic rings. The summed E-state index contributed by atoms with van der Waals surface area (Å²) in [5, 5.41) is 10.4. The van der Waals surface area contributed by atoms with Gasteiger partial charge in [0.15, 0.2) is 11.5 Å². The van der Waals surface area contributed by atoms with Gasteiger partial charge >= 0.3 is 0 Å². The molecule has 10 nitrogen and oxygen atoms in total. The van der Waals surface area contributed by atoms with E-state index in [0.29, 0.717) is 30.1 Å². The quantitative estimate of drug-likeness (QED) is 0.350. The Kier molecular flexibility index (Phi) is 11.8. The third kappa shape index (κ3) is 8.11. The van der Waals surface area contributed by atoms with Gasteiger partial charge < -0.3 is 31.5 Å². The number of primary amides is 1. The van der Waals surface area contributed by atoms with Crippen LogP contribution in [0.4, 0.5) is 23.0 Å². The van der Waals surface area contributed by atoms with Gasteiger partial charge in [-0.05, 0) is 76.4 Å². The second kappa shape index (κ2) is 15.5. The lowest BCUT2D eigenvalue weighted by Crippen LogP contribution is -2.52. The molecule has 5 N–H and O–H groups in total. The zero-order chi connectivity index (χ0) is 30.1. The second-order valence-electron chi connectivity index (χ2n) is 11.6. The summed E-state index contributed by atoms with van der Waals surface area (Å²) in [4.78, 5) is 29.4. The number of rotatable bonds is 9. The molecule has 0 spiro atoms. The molecule has 1 amide bonds. The van der Waals surface area contributed by atoms with Gasteiger partial charge in [0.25, 0.3) is 5.91 Å². The molecule has 3 saturated heterocycles. The van der Waals surface area contributed by atoms with E-state index in [1.165, 1.54) is 63.1 Å². The summed E-state index contributed by atoms with van der Waals surface area (Å²) in [6, 6.07) is 7.48. The maximum Gasteiger partial charge on any atom is 0.271 e. The van der Waals surface area contributed by atoms with Crippen LogP contribution in [0.25, 0.3) is 0 Å². The molecule has 232 valence electrons. The molecule has 1 aromatic heterocycles. The number of hydrogen-bond donors (Lipinski definition) is 4. The van der Waals surface area contributed by atoms with Crippen molar-refractivity contribution in [2.75, 3.05) is 74.9 Å². The first-order chi connectivity index (χ1) is 20.4. The number of hydrogen-bond acceptors (Lipinski definition) is 9. The molecule has 1 atom stereocenters. The maximum absolute atomic E-state index is 12.3. The van der Waals surface area contributed by atoms with Crippen LogP contribution in [0.1, 0.15) is 74.6 Å². The molecule has 4 heterocycles. The largest absolute Gasteiger partial charge is 0.371 e. The van der Waals surface area contributed by atoms with E-state index in [0.717, 1.165) is 44.0 Å². The highest BCUT2D eigenvalue weighted by molar-refractivity contribution is 5.96. The number of piperidine rings is 2. The molecule has 0 unspecified atom stereocenters. The van der Waals surface area contributed by atoms with Crippen LogP contribution in [0.2, 0.25) is 0 Å². The maximum atomic E-state index is 12.3. The molecule has 5 rings (SSSR count). The third-order valence-electron chi connectivity index (χ3n) is 8.78. The average molecular weight is 580 g/mol. The Morgan fingerprint density at radius 1 is 1.02 bits per heavy atom. The lowest BCUT2D eigenvalue weighted by Gasteiger charge is -2.43. The number of nitrogens with zero attached hydrogens (tertiary/aromatic N) is 5. The van der Waals surface area contributed by atoms with Crippen molar-refractivity contribution < 1.29 is 4.79 Å². The lowest BCUT2D eigenvalue weighted by atomic mass is 10.0. The molecule has 3 aliphatic heterocycles. The molecule has 0 aliphatic carbocycles. The zero-order valence-corrected chi connectivity index (χ0v) is 26.5. The monoisotopic (exact) mass is 579 g/mol. The smallest absolute Gasteiger partial charge is 0.271 e. The summed E-state index contributed by atoms with van der Waals surface area (Å²) >= 11 is 0. The van der Waals surface area contributed by atoms with Crippen molar-refractivity contribution in [1.82, 2.24) is 25.1 Å². The first kappa shape index (κ1) is 32.0. The summed E-state index contributed by atoms with van der Waals surface area (Å²) in [5.41, 5.74) is 9.99. The van der Waals surface area contributed by atoms with Crippen molar-refractivity contribution in [1.29, 1.82) is 0 Å². The number of nitrogens with two attached hydrogens (primary N) is 1. The number of likely N-dealkylation sites (N-methyl/N-ethyl adjacent to an activating group) is 1. The summed E-state index contributed by atoms with van der Waals surface area (Å²) in [6.45, 7) is 16.9. The standard InChI is InChI=1S/C30H47N9O.C2H6/c1-4-25-29(33-20-23-7-5-6-12-32-23)36-30(27(35-25)28(31)40)34-22-8-9-26(21(2)19-22)39-13-10-24(11-14-39)38-17-15-37(3)16-18-38;1-2/h8-9,19,23-24,32H,4-7,10-18,20H2,1-3H3,(H2,31,40)(H2,33,34,36);1-2H3/t23-;/m1./s1. The van der Waals surface area contributed by atoms with Crippen molar-refractivity contribution in [3.8, 4) is 0 Å². The number of piperazine rings is 1. The fourth-order valence-electron chi connectivity index (χ4n) is 6.32. The van der Waals surface area contributed by atoms with Gasteiger partial charge in [-0.15, -0.1) is 0 Å². The Hall–Kier alpha value is -2.95. The highest BCUT2D eigenvalue weighted by Gasteiger charge is 2.27. The number of anilines is 4. The van der Waals surface area contributed by atoms with Crippen LogP contribution in [0.3, 0.4) is 0 Å². The Morgan fingerprint density at radius 3 is 2.38 bits per heavy atom. The molecule has 0 bridgehead atoms. The van der Waals surface area contributed by atoms with E-state index in [9.17, 15) is 4.79 Å². The Labute approximate surface area is 252 Å². The first-order valence-electron chi connectivity index (χ1n) is 16.1. The van der Waals surface area contributed by atoms with Crippen molar-refractivity contribution in [2.45, 2.75) is 78.3 Å². The van der Waals surface area contributed by atoms with Gasteiger partial charge in [0.2, 0.25) is 0 Å². The van der Waals surface area contributed by atoms with Crippen molar-refractivity contribution >= 4 is 28.9 Å². The molecule has 0 radical (unpaired) electrons. The number of nitrogens with one attached hydrogen (secondary N) is 3. The van der Waals surface area contributed by atoms with Gasteiger partial charge in [0.05, 0.1) is 5.69 Å². The first-order valence-corrected chi connectivity index (χ1v) is 16.1. The minimum absolute atomic E-state index is 0.172. The predicted octanol–water partition coefficient (Wildman–Crippen LogP) is 3.99. The molecule has 0 saturated carbocycles. The molecule has 1 aromatic carbocycles. The van der Waals surface area contributed by atoms with Crippen LogP contribution >= 0.6 is 0 Å². The second-order valence-corrected chi connectivity index (χ2v) is 11.6. The number of amides is 1. The molecular weight excluding hydrogens is 526 g/mol. The molecule has 10 heteroatoms. The van der Waals surface area contributed by atoms with Gasteiger partial charge in [-0.2, -0.15) is 0 Å². The minimum Gasteiger partial charge on any atom is -0.371 e. The fourth-order valence-corrected chi connectivity index (χ4v) is 6.32. The van der Waals surface area contributed by atoms with Crippen molar-refractivity contribution in [3.05, 3.63) is 35.2 Å². The van der Waals surface area contributed by atoms with Crippen molar-refractivity contribution in [2.24, 2.45) is 5.73 Å². The molecule has 42 heavy (non-hydrogen) atoms. The highest BCUT2D eigenvalue weighted by atomic mass is 16.1. The van der Waals surface area contributed by atoms with E-state index < -0.39 is 5.91 Å². The van der Waals surface area contributed by atoms with Crippen LogP contribution in [-0.2, 0) is 6.42 Å². The predicted molar refractivity (Wildman–Crippen MR) is 174 cm³/mol. The number of carbonyl (C=O) groups excluding carboxylic acids is 1. The SMILES string of the molecule is CC.CCc1nc(C(N)=O)c(Nc2ccc(N3CCC(N4CCN(C)CC4)CC3)c(C)c2)nc1NC[C@H]1CCCCN1. The van der Waals surface area contributed by atoms with Crippen LogP contribution in [-0.4, -0.2) is 97.2 Å². The molecular formula is C32H53N9O. The number of aryl methyl sites for hydroxylation is 2. The van der Waals surface area contributed by atoms with Gasteiger partial charge in [0.1, 0.15) is 5.82 Å². The Bertz CT molecular complexity index is 1150. The van der Waals surface area contributed by atoms with Gasteiger partial charge in [-0.3, -0.25) is 9.69 Å². The lowest BCUT2D eigenvalue weighted by molar-refractivity contribution is 0.0982. The summed E-state index contributed by atoms with van der Waals surface area (Å²) in [5.74, 6) is 0.518. The van der Waals surface area contributed by atoms with Crippen LogP contribution in [0, 0.1) is 6.92 Å². The third-order valence-corrected chi connectivity index (χ3v) is 8.78. The molecule has 3 fully saturated rings. The Balaban J connectivity index is 0.00000198. The van der Waals surface area contributed by atoms with Gasteiger partial charge in [-0.1, -0.05) is 27.2 Å². The topological polar surface area (TPSA) is 115 Å². The zero-order valence-electron chi connectivity index (χ0n) is 26.5. The highest BCUT2D eigenvalue weighted by Crippen LogP contribution is 2.30. The van der Waals surface area contributed by atoms with E-state index in [-0.39, 0.29) is 5.69 Å². The summed E-state index contributed by atoms with van der Waals surface area (Å²) < 4.78 is 0. The van der Waals surface area contributed by atoms with Crippen LogP contribution in [0.5, 0.6) is 0 Å². The normalized spacial score (nSPS) is 20.5. The van der Waals surface area contributed by atoms with Gasteiger partial charge in [0, 0.05) is 69.3 Å². The van der Waals surface area contributed by atoms with E-state index in [1.807, 2.05) is 20.8 Å². The number of aromatic nitrogens is 2. The van der Waals surface area contributed by atoms with Crippen LogP contribution < -0.4 is 26.6 Å². The number of carbonyl (C=O) groups is 1. The fraction of sp³-hybridized carbons (Fsp3) is 0.656. The Morgan fingerprint density at radius 2 is 1.76 bits per heavy atom. The average Bonchev–Trinajstić information content (AvgIpc) is 3.02. The molecule has 3 aliphatic rings. The van der Waals surface area contributed by atoms with E-state index in [4.69, 9.17) is 10.7 Å². The summed E-state index contributed by atoms with van der Waals surface area (Å²) in [6.07, 6.45) is 6.68. The van der Waals surface area contributed by atoms with Crippen molar-refractivity contribution in [3.63, 3.8) is 0 Å². The van der Waals surface area contributed by atoms with E-state index >= 15 is 0 Å². The summed E-state index contributed by atoms with van der Waals surface area (Å²) in [7, 11) is 2.22. The van der Waals surface area contributed by atoms with E-state index in [2.05, 4.69) is 67.8 Å². The van der Waals surface area contributed by atoms with E-state index in [1.54, 1.807) is 0 Å². The van der Waals surface area contributed by atoms with Crippen LogP contribution in [0.15, 0.2) is 18.2 Å². The number of benzene rings is 1. The minimum atomic E-state index is -0.582. The van der Waals surface area contributed by atoms with Gasteiger partial charge in [-0.25, -0.2) is 9.97 Å².